The second-order valence-corrected chi connectivity index (χ2v) is 15.4. The third-order valence-corrected chi connectivity index (χ3v) is 13.5. The smallest absolute Gasteiger partial charge is 0.186 e. The third kappa shape index (κ3) is 3.96. The summed E-state index contributed by atoms with van der Waals surface area (Å²) in [5.74, 6) is 0.713. The second-order valence-electron chi connectivity index (χ2n) is 15.4. The highest BCUT2D eigenvalue weighted by molar-refractivity contribution is 5.42. The van der Waals surface area contributed by atoms with Crippen LogP contribution in [-0.4, -0.2) is 104 Å². The molecule has 8 rings (SSSR count). The Morgan fingerprint density at radius 3 is 2.57 bits per heavy atom. The Labute approximate surface area is 258 Å². The van der Waals surface area contributed by atoms with Gasteiger partial charge in [-0.2, -0.15) is 0 Å². The summed E-state index contributed by atoms with van der Waals surface area (Å²) in [6, 6.07) is 6.87. The van der Waals surface area contributed by atoms with E-state index in [1.54, 1.807) is 0 Å². The van der Waals surface area contributed by atoms with Crippen molar-refractivity contribution in [3.63, 3.8) is 0 Å². The predicted octanol–water partition coefficient (Wildman–Crippen LogP) is 2.01. The van der Waals surface area contributed by atoms with Gasteiger partial charge in [0.1, 0.15) is 41.2 Å². The molecule has 2 saturated carbocycles. The maximum atomic E-state index is 10.8. The molecule has 2 unspecified atom stereocenters. The van der Waals surface area contributed by atoms with Crippen LogP contribution in [0.4, 0.5) is 0 Å². The van der Waals surface area contributed by atoms with Gasteiger partial charge in [-0.25, -0.2) is 0 Å². The topological polar surface area (TPSA) is 154 Å². The fourth-order valence-corrected chi connectivity index (χ4v) is 10.3. The van der Waals surface area contributed by atoms with Gasteiger partial charge in [-0.05, 0) is 80.9 Å². The summed E-state index contributed by atoms with van der Waals surface area (Å²) in [5.41, 5.74) is 2.38. The van der Waals surface area contributed by atoms with Crippen molar-refractivity contribution in [2.24, 2.45) is 11.3 Å². The molecular formula is C34H48O10. The van der Waals surface area contributed by atoms with Gasteiger partial charge in [-0.3, -0.25) is 0 Å². The van der Waals surface area contributed by atoms with Crippen molar-refractivity contribution in [1.82, 2.24) is 0 Å². The van der Waals surface area contributed by atoms with Crippen LogP contribution in [0.1, 0.15) is 94.7 Å². The number of aliphatic hydroxyl groups excluding tert-OH is 5. The Morgan fingerprint density at radius 2 is 1.82 bits per heavy atom. The molecule has 10 nitrogen and oxygen atoms in total. The van der Waals surface area contributed by atoms with E-state index in [0.717, 1.165) is 44.9 Å². The van der Waals surface area contributed by atoms with Gasteiger partial charge < -0.3 is 49.2 Å². The molecule has 4 aliphatic heterocycles. The fourth-order valence-electron chi connectivity index (χ4n) is 10.3. The molecule has 244 valence electrons. The molecule has 5 N–H and O–H groups in total. The van der Waals surface area contributed by atoms with Crippen LogP contribution < -0.4 is 0 Å². The number of aliphatic hydroxyl groups is 5. The lowest BCUT2D eigenvalue weighted by atomic mass is 9.48. The van der Waals surface area contributed by atoms with Crippen molar-refractivity contribution >= 4 is 0 Å². The number of fused-ring (bicyclic) bond motifs is 5. The van der Waals surface area contributed by atoms with Crippen molar-refractivity contribution in [2.45, 2.75) is 157 Å². The standard InChI is InChI=1S/C34H48O10/c1-16(22-14-31(2)33(4,44-31)30(39)41-22)17-7-9-19-18(12-17)8-10-21-20(19)13-25-34(43-25)11-5-6-24(32(21,34)3)42-29-28(38)27(37)26(36)23(15-35)40-29/h7,9,12,16,20-30,35-39H,5-6,8,10-11,13-15H2,1-4H3/t16-,20-,21-,22?,23+,24-,25-,26+,27-,28+,29?,30+,31-,32-,33+,34-/m0/s1. The first kappa shape index (κ1) is 30.2. The molecule has 0 bridgehead atoms. The Bertz CT molecular complexity index is 1310. The van der Waals surface area contributed by atoms with Crippen molar-refractivity contribution < 1.29 is 49.2 Å². The van der Waals surface area contributed by atoms with Gasteiger partial charge >= 0.3 is 0 Å². The van der Waals surface area contributed by atoms with E-state index in [9.17, 15) is 25.5 Å². The average Bonchev–Trinajstić information content (AvgIpc) is 3.87. The average molecular weight is 617 g/mol. The van der Waals surface area contributed by atoms with E-state index in [4.69, 9.17) is 23.7 Å². The van der Waals surface area contributed by atoms with E-state index in [-0.39, 0.29) is 40.8 Å². The molecule has 10 heteroatoms. The van der Waals surface area contributed by atoms with Crippen molar-refractivity contribution in [1.29, 1.82) is 0 Å². The Hall–Kier alpha value is -1.18. The molecule has 0 amide bonds. The van der Waals surface area contributed by atoms with Gasteiger partial charge in [-0.1, -0.05) is 32.0 Å². The highest BCUT2D eigenvalue weighted by atomic mass is 16.7. The van der Waals surface area contributed by atoms with Crippen LogP contribution in [0.3, 0.4) is 0 Å². The first-order chi connectivity index (χ1) is 20.9. The molecule has 44 heavy (non-hydrogen) atoms. The van der Waals surface area contributed by atoms with Gasteiger partial charge in [0.05, 0.1) is 24.9 Å². The maximum absolute atomic E-state index is 10.8. The number of rotatable bonds is 5. The summed E-state index contributed by atoms with van der Waals surface area (Å²) in [4.78, 5) is 0. The lowest BCUT2D eigenvalue weighted by Gasteiger charge is -2.57. The second kappa shape index (κ2) is 9.92. The summed E-state index contributed by atoms with van der Waals surface area (Å²) in [6.45, 7) is 7.97. The SMILES string of the molecule is C[C@@H](c1ccc2c(c1)CC[C@H]1[C@H]2C[C@@H]2O[C@@]23CCC[C@H](OC2O[C@H](CO)[C@@H](O)[C@H](O)[C@H]2O)[C@]13C)C1C[C@]2(C)O[C@]2(C)[C@H](O)O1. The van der Waals surface area contributed by atoms with E-state index in [1.807, 2.05) is 6.92 Å². The van der Waals surface area contributed by atoms with Crippen LogP contribution in [0.15, 0.2) is 18.2 Å². The first-order valence-corrected chi connectivity index (χ1v) is 16.7. The maximum Gasteiger partial charge on any atom is 0.186 e. The molecular weight excluding hydrogens is 568 g/mol. The predicted molar refractivity (Wildman–Crippen MR) is 156 cm³/mol. The number of aryl methyl sites for hydroxylation is 1. The number of hydrogen-bond acceptors (Lipinski definition) is 10. The molecule has 3 aliphatic carbocycles. The van der Waals surface area contributed by atoms with Crippen LogP contribution in [0, 0.1) is 11.3 Å². The van der Waals surface area contributed by atoms with Gasteiger partial charge in [0, 0.05) is 17.8 Å². The van der Waals surface area contributed by atoms with E-state index >= 15 is 0 Å². The van der Waals surface area contributed by atoms with E-state index in [0.29, 0.717) is 11.8 Å². The summed E-state index contributed by atoms with van der Waals surface area (Å²) in [7, 11) is 0. The molecule has 6 fully saturated rings. The first-order valence-electron chi connectivity index (χ1n) is 16.7. The minimum atomic E-state index is -1.47. The summed E-state index contributed by atoms with van der Waals surface area (Å²) < 4.78 is 31.0. The Morgan fingerprint density at radius 1 is 1.02 bits per heavy atom. The Kier molecular flexibility index (Phi) is 6.80. The highest BCUT2D eigenvalue weighted by Crippen LogP contribution is 2.71. The van der Waals surface area contributed by atoms with E-state index in [1.165, 1.54) is 16.7 Å². The van der Waals surface area contributed by atoms with Crippen LogP contribution in [-0.2, 0) is 30.1 Å². The van der Waals surface area contributed by atoms with Crippen LogP contribution in [0.25, 0.3) is 0 Å². The van der Waals surface area contributed by atoms with Crippen molar-refractivity contribution in [3.8, 4) is 0 Å². The van der Waals surface area contributed by atoms with Gasteiger partial charge in [0.2, 0.25) is 0 Å². The molecule has 4 heterocycles. The van der Waals surface area contributed by atoms with Crippen molar-refractivity contribution in [3.05, 3.63) is 34.9 Å². The largest absolute Gasteiger partial charge is 0.394 e. The number of hydrogen-bond donors (Lipinski definition) is 5. The molecule has 16 atom stereocenters. The zero-order chi connectivity index (χ0) is 31.0. The molecule has 0 radical (unpaired) electrons. The number of epoxide rings is 2. The van der Waals surface area contributed by atoms with Crippen LogP contribution in [0.2, 0.25) is 0 Å². The molecule has 0 aromatic heterocycles. The fraction of sp³-hybridized carbons (Fsp3) is 0.824. The van der Waals surface area contributed by atoms with Gasteiger partial charge in [0.25, 0.3) is 0 Å². The summed E-state index contributed by atoms with van der Waals surface area (Å²) in [6.07, 6.45) is -1.31. The highest BCUT2D eigenvalue weighted by Gasteiger charge is 2.76. The minimum absolute atomic E-state index is 0.108. The third-order valence-electron chi connectivity index (χ3n) is 13.5. The van der Waals surface area contributed by atoms with E-state index in [2.05, 4.69) is 39.0 Å². The monoisotopic (exact) mass is 616 g/mol. The number of benzene rings is 1. The summed E-state index contributed by atoms with van der Waals surface area (Å²) in [5, 5.41) is 51.9. The molecule has 4 saturated heterocycles. The Balaban J connectivity index is 1.05. The normalized spacial score (nSPS) is 54.6. The zero-order valence-corrected chi connectivity index (χ0v) is 26.1. The van der Waals surface area contributed by atoms with Crippen LogP contribution in [0.5, 0.6) is 0 Å². The van der Waals surface area contributed by atoms with Gasteiger partial charge in [-0.15, -0.1) is 0 Å². The van der Waals surface area contributed by atoms with E-state index < -0.39 is 49.2 Å². The quantitative estimate of drug-likeness (QED) is 0.311. The minimum Gasteiger partial charge on any atom is -0.394 e. The zero-order valence-electron chi connectivity index (χ0n) is 26.1. The molecule has 1 aromatic carbocycles. The number of ether oxygens (including phenoxy) is 5. The molecule has 7 aliphatic rings. The molecule has 1 spiro atoms. The van der Waals surface area contributed by atoms with Crippen molar-refractivity contribution in [2.75, 3.05) is 6.61 Å². The lowest BCUT2D eigenvalue weighted by Crippen LogP contribution is -2.64. The summed E-state index contributed by atoms with van der Waals surface area (Å²) >= 11 is 0. The van der Waals surface area contributed by atoms with Crippen LogP contribution >= 0.6 is 0 Å². The van der Waals surface area contributed by atoms with Gasteiger partial charge in [0.15, 0.2) is 12.6 Å². The molecule has 1 aromatic rings. The lowest BCUT2D eigenvalue weighted by molar-refractivity contribution is -0.328.